The fourth-order valence-corrected chi connectivity index (χ4v) is 2.65. The molecule has 0 unspecified atom stereocenters. The van der Waals surface area contributed by atoms with Crippen LogP contribution in [-0.2, 0) is 4.79 Å². The van der Waals surface area contributed by atoms with Gasteiger partial charge in [-0.1, -0.05) is 32.0 Å². The first-order chi connectivity index (χ1) is 11.6. The molecule has 1 aromatic carbocycles. The van der Waals surface area contributed by atoms with Gasteiger partial charge in [-0.25, -0.2) is 0 Å². The monoisotopic (exact) mass is 459 g/mol. The van der Waals surface area contributed by atoms with Crippen LogP contribution in [0.15, 0.2) is 35.3 Å². The summed E-state index contributed by atoms with van der Waals surface area (Å²) in [6, 6.07) is 10.3. The number of amides is 1. The molecule has 2 rings (SSSR count). The second-order valence-electron chi connectivity index (χ2n) is 6.40. The fraction of sp³-hybridized carbons (Fsp3) is 0.556. The molecular formula is C18H30IN5O. The molecule has 0 radical (unpaired) electrons. The Hall–Kier alpha value is -1.51. The minimum Gasteiger partial charge on any atom is -0.368 e. The third-order valence-corrected chi connectivity index (χ3v) is 4.06. The van der Waals surface area contributed by atoms with Gasteiger partial charge in [0.05, 0.1) is 6.54 Å². The normalized spacial score (nSPS) is 15.0. The summed E-state index contributed by atoms with van der Waals surface area (Å²) in [5.74, 6) is 1.33. The molecule has 0 bridgehead atoms. The van der Waals surface area contributed by atoms with Crippen molar-refractivity contribution in [2.24, 2.45) is 10.9 Å². The largest absolute Gasteiger partial charge is 0.368 e. The van der Waals surface area contributed by atoms with E-state index in [1.54, 1.807) is 7.05 Å². The van der Waals surface area contributed by atoms with E-state index >= 15 is 0 Å². The highest BCUT2D eigenvalue weighted by atomic mass is 127. The SMILES string of the molecule is CN=C(NCC(=O)N1CCN(c2ccccc2)CC1)NCC(C)C.I. The second-order valence-corrected chi connectivity index (χ2v) is 6.40. The van der Waals surface area contributed by atoms with E-state index in [-0.39, 0.29) is 36.4 Å². The first kappa shape index (κ1) is 21.5. The van der Waals surface area contributed by atoms with Gasteiger partial charge in [0.1, 0.15) is 0 Å². The third-order valence-electron chi connectivity index (χ3n) is 4.06. The molecule has 1 heterocycles. The van der Waals surface area contributed by atoms with Crippen LogP contribution in [-0.4, -0.2) is 63.1 Å². The van der Waals surface area contributed by atoms with Crippen molar-refractivity contribution in [1.29, 1.82) is 0 Å². The Bertz CT molecular complexity index is 542. The van der Waals surface area contributed by atoms with Crippen molar-refractivity contribution in [3.8, 4) is 0 Å². The van der Waals surface area contributed by atoms with Crippen molar-refractivity contribution in [1.82, 2.24) is 15.5 Å². The molecule has 0 spiro atoms. The molecule has 1 saturated heterocycles. The number of anilines is 1. The minimum absolute atomic E-state index is 0. The van der Waals surface area contributed by atoms with Gasteiger partial charge in [0.2, 0.25) is 5.91 Å². The van der Waals surface area contributed by atoms with Crippen LogP contribution in [0.1, 0.15) is 13.8 Å². The molecule has 0 saturated carbocycles. The number of rotatable bonds is 5. The first-order valence-corrected chi connectivity index (χ1v) is 8.62. The molecular weight excluding hydrogens is 429 g/mol. The van der Waals surface area contributed by atoms with E-state index in [0.717, 1.165) is 32.7 Å². The molecule has 0 atom stereocenters. The number of aliphatic imine (C=N–C) groups is 1. The van der Waals surface area contributed by atoms with Crippen LogP contribution < -0.4 is 15.5 Å². The maximum Gasteiger partial charge on any atom is 0.242 e. The van der Waals surface area contributed by atoms with Crippen LogP contribution in [0.5, 0.6) is 0 Å². The van der Waals surface area contributed by atoms with Gasteiger partial charge in [-0.2, -0.15) is 0 Å². The summed E-state index contributed by atoms with van der Waals surface area (Å²) >= 11 is 0. The van der Waals surface area contributed by atoms with Crippen LogP contribution in [0.3, 0.4) is 0 Å². The Kier molecular flexibility index (Phi) is 9.62. The zero-order valence-corrected chi connectivity index (χ0v) is 17.7. The number of benzene rings is 1. The lowest BCUT2D eigenvalue weighted by atomic mass is 10.2. The summed E-state index contributed by atoms with van der Waals surface area (Å²) in [5.41, 5.74) is 1.22. The number of nitrogens with zero attached hydrogens (tertiary/aromatic N) is 3. The molecule has 1 aromatic rings. The number of piperazine rings is 1. The number of carbonyl (C=O) groups excluding carboxylic acids is 1. The van der Waals surface area contributed by atoms with Gasteiger partial charge in [-0.15, -0.1) is 24.0 Å². The first-order valence-electron chi connectivity index (χ1n) is 8.62. The van der Waals surface area contributed by atoms with Crippen LogP contribution in [0.4, 0.5) is 5.69 Å². The highest BCUT2D eigenvalue weighted by Gasteiger charge is 2.21. The van der Waals surface area contributed by atoms with E-state index in [2.05, 4.69) is 46.5 Å². The highest BCUT2D eigenvalue weighted by molar-refractivity contribution is 14.0. The number of hydrogen-bond acceptors (Lipinski definition) is 3. The molecule has 140 valence electrons. The lowest BCUT2D eigenvalue weighted by Crippen LogP contribution is -2.52. The maximum absolute atomic E-state index is 12.4. The van der Waals surface area contributed by atoms with Gasteiger partial charge in [-0.3, -0.25) is 9.79 Å². The lowest BCUT2D eigenvalue weighted by Gasteiger charge is -2.36. The smallest absolute Gasteiger partial charge is 0.242 e. The number of halogens is 1. The molecule has 1 aliphatic heterocycles. The fourth-order valence-electron chi connectivity index (χ4n) is 2.65. The quantitative estimate of drug-likeness (QED) is 0.401. The van der Waals surface area contributed by atoms with Gasteiger partial charge in [0.15, 0.2) is 5.96 Å². The average Bonchev–Trinajstić information content (AvgIpc) is 2.62. The Labute approximate surface area is 168 Å². The van der Waals surface area contributed by atoms with Crippen molar-refractivity contribution in [3.05, 3.63) is 30.3 Å². The zero-order chi connectivity index (χ0) is 17.4. The Morgan fingerprint density at radius 1 is 1.12 bits per heavy atom. The summed E-state index contributed by atoms with van der Waals surface area (Å²) in [5, 5.41) is 6.31. The number of para-hydroxylation sites is 1. The molecule has 25 heavy (non-hydrogen) atoms. The molecule has 1 aliphatic rings. The maximum atomic E-state index is 12.4. The molecule has 1 fully saturated rings. The van der Waals surface area contributed by atoms with E-state index in [4.69, 9.17) is 0 Å². The van der Waals surface area contributed by atoms with E-state index < -0.39 is 0 Å². The topological polar surface area (TPSA) is 60.0 Å². The lowest BCUT2D eigenvalue weighted by molar-refractivity contribution is -0.130. The summed E-state index contributed by atoms with van der Waals surface area (Å²) in [7, 11) is 1.72. The molecule has 6 nitrogen and oxygen atoms in total. The molecule has 2 N–H and O–H groups in total. The summed E-state index contributed by atoms with van der Waals surface area (Å²) in [6.45, 7) is 8.65. The Morgan fingerprint density at radius 3 is 2.32 bits per heavy atom. The van der Waals surface area contributed by atoms with Crippen LogP contribution >= 0.6 is 24.0 Å². The predicted octanol–water partition coefficient (Wildman–Crippen LogP) is 1.77. The zero-order valence-electron chi connectivity index (χ0n) is 15.4. The van der Waals surface area contributed by atoms with Crippen molar-refractivity contribution >= 4 is 41.5 Å². The van der Waals surface area contributed by atoms with Gasteiger partial charge in [0.25, 0.3) is 0 Å². The third kappa shape index (κ3) is 7.09. The summed E-state index contributed by atoms with van der Waals surface area (Å²) in [4.78, 5) is 20.7. The van der Waals surface area contributed by atoms with Gasteiger partial charge < -0.3 is 20.4 Å². The standard InChI is InChI=1S/C18H29N5O.HI/c1-15(2)13-20-18(19-3)21-14-17(24)23-11-9-22(10-12-23)16-7-5-4-6-8-16;/h4-8,15H,9-14H2,1-3H3,(H2,19,20,21);1H. The molecule has 7 heteroatoms. The summed E-state index contributed by atoms with van der Waals surface area (Å²) < 4.78 is 0. The van der Waals surface area contributed by atoms with Crippen LogP contribution in [0.2, 0.25) is 0 Å². The highest BCUT2D eigenvalue weighted by Crippen LogP contribution is 2.15. The van der Waals surface area contributed by atoms with Crippen molar-refractivity contribution in [3.63, 3.8) is 0 Å². The Morgan fingerprint density at radius 2 is 1.76 bits per heavy atom. The average molecular weight is 459 g/mol. The van der Waals surface area contributed by atoms with Crippen molar-refractivity contribution in [2.75, 3.05) is 51.2 Å². The van der Waals surface area contributed by atoms with E-state index in [1.165, 1.54) is 5.69 Å². The molecule has 0 aliphatic carbocycles. The van der Waals surface area contributed by atoms with Gasteiger partial charge in [-0.05, 0) is 18.1 Å². The van der Waals surface area contributed by atoms with E-state index in [9.17, 15) is 4.79 Å². The minimum atomic E-state index is 0. The Balaban J connectivity index is 0.00000312. The van der Waals surface area contributed by atoms with Crippen molar-refractivity contribution in [2.45, 2.75) is 13.8 Å². The number of carbonyl (C=O) groups is 1. The van der Waals surface area contributed by atoms with Gasteiger partial charge in [0, 0.05) is 45.5 Å². The predicted molar refractivity (Wildman–Crippen MR) is 115 cm³/mol. The second kappa shape index (κ2) is 11.2. The van der Waals surface area contributed by atoms with Crippen LogP contribution in [0, 0.1) is 5.92 Å². The van der Waals surface area contributed by atoms with E-state index in [0.29, 0.717) is 11.9 Å². The molecule has 1 amide bonds. The van der Waals surface area contributed by atoms with E-state index in [1.807, 2.05) is 23.1 Å². The summed E-state index contributed by atoms with van der Waals surface area (Å²) in [6.07, 6.45) is 0. The number of guanidine groups is 1. The number of nitrogens with one attached hydrogen (secondary N) is 2. The number of hydrogen-bond donors (Lipinski definition) is 2. The van der Waals surface area contributed by atoms with Crippen LogP contribution in [0.25, 0.3) is 0 Å². The van der Waals surface area contributed by atoms with Gasteiger partial charge >= 0.3 is 0 Å². The molecule has 0 aromatic heterocycles. The van der Waals surface area contributed by atoms with Crippen molar-refractivity contribution < 1.29 is 4.79 Å².